The summed E-state index contributed by atoms with van der Waals surface area (Å²) in [7, 11) is 0. The molecule has 0 aromatic heterocycles. The molecule has 1 aliphatic heterocycles. The van der Waals surface area contributed by atoms with Crippen molar-refractivity contribution >= 4 is 17.5 Å². The summed E-state index contributed by atoms with van der Waals surface area (Å²) in [6.07, 6.45) is 4.19. The lowest BCUT2D eigenvalue weighted by Crippen LogP contribution is -2.48. The van der Waals surface area contributed by atoms with E-state index in [2.05, 4.69) is 11.4 Å². The minimum atomic E-state index is -0.812. The maximum absolute atomic E-state index is 13.0. The van der Waals surface area contributed by atoms with Gasteiger partial charge in [0.25, 0.3) is 0 Å². The molecule has 1 N–H and O–H groups in total. The van der Waals surface area contributed by atoms with E-state index in [4.69, 9.17) is 0 Å². The van der Waals surface area contributed by atoms with E-state index in [-0.39, 0.29) is 17.9 Å². The van der Waals surface area contributed by atoms with Crippen LogP contribution in [-0.2, 0) is 16.0 Å². The molecule has 1 atom stereocenters. The first-order chi connectivity index (χ1) is 10.6. The number of rotatable bonds is 4. The highest BCUT2D eigenvalue weighted by Gasteiger charge is 2.58. The average molecular weight is 300 g/mol. The number of benzene rings is 1. The molecule has 1 saturated carbocycles. The molecule has 0 saturated heterocycles. The Morgan fingerprint density at radius 3 is 2.73 bits per heavy atom. The number of amides is 2. The number of anilines is 1. The molecule has 0 spiro atoms. The molecule has 4 heteroatoms. The van der Waals surface area contributed by atoms with Gasteiger partial charge in [-0.05, 0) is 50.7 Å². The zero-order valence-corrected chi connectivity index (χ0v) is 13.4. The highest BCUT2D eigenvalue weighted by Crippen LogP contribution is 2.49. The van der Waals surface area contributed by atoms with Crippen molar-refractivity contribution in [1.82, 2.24) is 5.32 Å². The van der Waals surface area contributed by atoms with Gasteiger partial charge in [-0.2, -0.15) is 0 Å². The lowest BCUT2D eigenvalue weighted by atomic mass is 9.97. The molecule has 1 aromatic carbocycles. The van der Waals surface area contributed by atoms with Crippen molar-refractivity contribution in [3.05, 3.63) is 29.8 Å². The molecule has 1 aromatic rings. The monoisotopic (exact) mass is 300 g/mol. The molecule has 0 bridgehead atoms. The van der Waals surface area contributed by atoms with Gasteiger partial charge < -0.3 is 10.2 Å². The van der Waals surface area contributed by atoms with E-state index in [9.17, 15) is 9.59 Å². The summed E-state index contributed by atoms with van der Waals surface area (Å²) in [5, 5.41) is 2.99. The van der Waals surface area contributed by atoms with Crippen LogP contribution in [0.15, 0.2) is 24.3 Å². The summed E-state index contributed by atoms with van der Waals surface area (Å²) < 4.78 is 0. The Bertz CT molecular complexity index is 593. The molecular formula is C18H24N2O2. The maximum Gasteiger partial charge on any atom is 0.242 e. The Kier molecular flexibility index (Phi) is 3.94. The molecule has 4 nitrogen and oxygen atoms in total. The number of carbonyl (C=O) groups excluding carboxylic acids is 2. The van der Waals surface area contributed by atoms with E-state index in [1.165, 1.54) is 5.56 Å². The van der Waals surface area contributed by atoms with Gasteiger partial charge in [-0.25, -0.2) is 0 Å². The summed E-state index contributed by atoms with van der Waals surface area (Å²) in [6, 6.07) is 8.16. The van der Waals surface area contributed by atoms with Crippen molar-refractivity contribution in [3.63, 3.8) is 0 Å². The van der Waals surface area contributed by atoms with Crippen molar-refractivity contribution in [2.45, 2.75) is 52.0 Å². The number of hydrogen-bond donors (Lipinski definition) is 1. The minimum Gasteiger partial charge on any atom is -0.353 e. The van der Waals surface area contributed by atoms with Crippen molar-refractivity contribution in [3.8, 4) is 0 Å². The minimum absolute atomic E-state index is 0.0135. The molecule has 1 fully saturated rings. The van der Waals surface area contributed by atoms with Gasteiger partial charge in [0.15, 0.2) is 0 Å². The second-order valence-corrected chi connectivity index (χ2v) is 6.55. The van der Waals surface area contributed by atoms with Gasteiger partial charge in [-0.15, -0.1) is 0 Å². The molecule has 1 unspecified atom stereocenters. The van der Waals surface area contributed by atoms with Crippen LogP contribution in [0.2, 0.25) is 0 Å². The first-order valence-electron chi connectivity index (χ1n) is 8.29. The summed E-state index contributed by atoms with van der Waals surface area (Å²) >= 11 is 0. The largest absolute Gasteiger partial charge is 0.353 e. The molecule has 2 aliphatic rings. The molecule has 2 amide bonds. The Morgan fingerprint density at radius 1 is 1.32 bits per heavy atom. The molecule has 3 rings (SSSR count). The molecule has 22 heavy (non-hydrogen) atoms. The van der Waals surface area contributed by atoms with Crippen LogP contribution in [0.1, 0.15) is 45.1 Å². The van der Waals surface area contributed by atoms with Gasteiger partial charge in [-0.1, -0.05) is 25.1 Å². The number of carbonyl (C=O) groups is 2. The van der Waals surface area contributed by atoms with E-state index in [0.717, 1.165) is 24.9 Å². The second-order valence-electron chi connectivity index (χ2n) is 6.55. The van der Waals surface area contributed by atoms with Gasteiger partial charge in [0.2, 0.25) is 11.8 Å². The van der Waals surface area contributed by atoms with E-state index < -0.39 is 5.41 Å². The zero-order chi connectivity index (χ0) is 15.7. The fourth-order valence-electron chi connectivity index (χ4n) is 3.13. The van der Waals surface area contributed by atoms with Gasteiger partial charge >= 0.3 is 0 Å². The smallest absolute Gasteiger partial charge is 0.242 e. The fraction of sp³-hybridized carbons (Fsp3) is 0.556. The predicted octanol–water partition coefficient (Wildman–Crippen LogP) is 2.66. The average Bonchev–Trinajstić information content (AvgIpc) is 3.35. The van der Waals surface area contributed by atoms with Crippen molar-refractivity contribution in [1.29, 1.82) is 0 Å². The molecule has 1 aliphatic carbocycles. The van der Waals surface area contributed by atoms with E-state index >= 15 is 0 Å². The predicted molar refractivity (Wildman–Crippen MR) is 86.7 cm³/mol. The number of hydrogen-bond acceptors (Lipinski definition) is 2. The number of aryl methyl sites for hydroxylation is 1. The number of fused-ring (bicyclic) bond motifs is 1. The van der Waals surface area contributed by atoms with E-state index in [1.807, 2.05) is 36.9 Å². The Morgan fingerprint density at radius 2 is 2.05 bits per heavy atom. The summed E-state index contributed by atoms with van der Waals surface area (Å²) in [5.74, 6) is -0.102. The van der Waals surface area contributed by atoms with Gasteiger partial charge in [-0.3, -0.25) is 9.59 Å². The van der Waals surface area contributed by atoms with Gasteiger partial charge in [0.1, 0.15) is 5.41 Å². The van der Waals surface area contributed by atoms with Gasteiger partial charge in [0, 0.05) is 18.3 Å². The summed E-state index contributed by atoms with van der Waals surface area (Å²) in [5.41, 5.74) is 1.38. The third-order valence-corrected chi connectivity index (χ3v) is 4.94. The van der Waals surface area contributed by atoms with Crippen LogP contribution < -0.4 is 10.2 Å². The summed E-state index contributed by atoms with van der Waals surface area (Å²) in [4.78, 5) is 27.4. The van der Waals surface area contributed by atoms with E-state index in [1.54, 1.807) is 0 Å². The lowest BCUT2D eigenvalue weighted by molar-refractivity contribution is -0.136. The number of para-hydroxylation sites is 1. The standard InChI is InChI=1S/C18H24N2O2/c1-3-13(2)19-16(21)18(10-11-18)17(22)20-12-6-8-14-7-4-5-9-15(14)20/h4-5,7,9,13H,3,6,8,10-12H2,1-2H3,(H,19,21). The SMILES string of the molecule is CCC(C)NC(=O)C1(C(=O)N2CCCc3ccccc32)CC1. The zero-order valence-electron chi connectivity index (χ0n) is 13.4. The molecule has 0 radical (unpaired) electrons. The highest BCUT2D eigenvalue weighted by atomic mass is 16.2. The van der Waals surface area contributed by atoms with Gasteiger partial charge in [0.05, 0.1) is 0 Å². The normalized spacial score (nSPS) is 20.0. The van der Waals surface area contributed by atoms with Crippen LogP contribution in [0.5, 0.6) is 0 Å². The first-order valence-corrected chi connectivity index (χ1v) is 8.29. The first kappa shape index (κ1) is 15.1. The number of nitrogens with zero attached hydrogens (tertiary/aromatic N) is 1. The third-order valence-electron chi connectivity index (χ3n) is 4.94. The van der Waals surface area contributed by atoms with Crippen LogP contribution in [0.25, 0.3) is 0 Å². The summed E-state index contributed by atoms with van der Waals surface area (Å²) in [6.45, 7) is 4.73. The topological polar surface area (TPSA) is 49.4 Å². The van der Waals surface area contributed by atoms with Crippen LogP contribution in [0, 0.1) is 5.41 Å². The fourth-order valence-corrected chi connectivity index (χ4v) is 3.13. The van der Waals surface area contributed by atoms with Crippen LogP contribution >= 0.6 is 0 Å². The van der Waals surface area contributed by atoms with Crippen LogP contribution in [0.4, 0.5) is 5.69 Å². The van der Waals surface area contributed by atoms with Crippen LogP contribution in [0.3, 0.4) is 0 Å². The Balaban J connectivity index is 1.81. The van der Waals surface area contributed by atoms with Crippen molar-refractivity contribution < 1.29 is 9.59 Å². The molecule has 1 heterocycles. The van der Waals surface area contributed by atoms with E-state index in [0.29, 0.717) is 19.4 Å². The van der Waals surface area contributed by atoms with Crippen molar-refractivity contribution in [2.24, 2.45) is 5.41 Å². The van der Waals surface area contributed by atoms with Crippen LogP contribution in [-0.4, -0.2) is 24.4 Å². The Labute approximate surface area is 131 Å². The van der Waals surface area contributed by atoms with Crippen molar-refractivity contribution in [2.75, 3.05) is 11.4 Å². The maximum atomic E-state index is 13.0. The quantitative estimate of drug-likeness (QED) is 0.869. The second kappa shape index (κ2) is 5.75. The molecular weight excluding hydrogens is 276 g/mol. The molecule has 118 valence electrons. The highest BCUT2D eigenvalue weighted by molar-refractivity contribution is 6.14. The number of nitrogens with one attached hydrogen (secondary N) is 1. The lowest BCUT2D eigenvalue weighted by Gasteiger charge is -2.32. The third kappa shape index (κ3) is 2.51. The Hall–Kier alpha value is -1.84.